The van der Waals surface area contributed by atoms with Crippen molar-refractivity contribution in [1.29, 1.82) is 0 Å². The first-order valence-electron chi connectivity index (χ1n) is 6.09. The number of aromatic nitrogens is 1. The molecule has 0 aliphatic rings. The molecule has 0 saturated heterocycles. The fourth-order valence-corrected chi connectivity index (χ4v) is 2.43. The summed E-state index contributed by atoms with van der Waals surface area (Å²) in [6, 6.07) is 6.88. The minimum Gasteiger partial charge on any atom is -0.508 e. The third-order valence-corrected chi connectivity index (χ3v) is 3.83. The molecular weight excluding hydrogens is 260 g/mol. The van der Waals surface area contributed by atoms with Gasteiger partial charge < -0.3 is 10.4 Å². The minimum absolute atomic E-state index is 0.0927. The molecule has 0 saturated carbocycles. The van der Waals surface area contributed by atoms with Gasteiger partial charge in [-0.05, 0) is 6.07 Å². The molecule has 0 aliphatic heterocycles. The molecule has 0 aliphatic carbocycles. The molecule has 0 spiro atoms. The number of carbonyl (C=O) groups excluding carboxylic acids is 1. The maximum Gasteiger partial charge on any atom is 0.224 e. The predicted molar refractivity (Wildman–Crippen MR) is 75.3 cm³/mol. The van der Waals surface area contributed by atoms with Crippen molar-refractivity contribution in [2.75, 3.05) is 6.54 Å². The third-order valence-electron chi connectivity index (χ3n) is 2.82. The van der Waals surface area contributed by atoms with Crippen LogP contribution in [-0.2, 0) is 11.2 Å². The quantitative estimate of drug-likeness (QED) is 0.881. The number of carbonyl (C=O) groups is 1. The number of benzene rings is 1. The molecule has 0 fully saturated rings. The Bertz CT molecular complexity index is 540. The molecule has 100 valence electrons. The van der Waals surface area contributed by atoms with Gasteiger partial charge in [0.15, 0.2) is 0 Å². The number of hydrogen-bond donors (Lipinski definition) is 2. The topological polar surface area (TPSA) is 62.2 Å². The summed E-state index contributed by atoms with van der Waals surface area (Å²) in [5.41, 5.74) is 0.641. The van der Waals surface area contributed by atoms with Crippen LogP contribution < -0.4 is 5.32 Å². The van der Waals surface area contributed by atoms with E-state index in [0.29, 0.717) is 12.1 Å². The van der Waals surface area contributed by atoms with Crippen molar-refractivity contribution in [2.45, 2.75) is 19.3 Å². The summed E-state index contributed by atoms with van der Waals surface area (Å²) in [6.45, 7) is 2.58. The second-order valence-corrected chi connectivity index (χ2v) is 5.31. The highest BCUT2D eigenvalue weighted by Crippen LogP contribution is 2.17. The highest BCUT2D eigenvalue weighted by atomic mass is 32.1. The van der Waals surface area contributed by atoms with Crippen LogP contribution in [-0.4, -0.2) is 22.5 Å². The number of nitrogens with one attached hydrogen (secondary N) is 1. The maximum absolute atomic E-state index is 11.8. The van der Waals surface area contributed by atoms with E-state index in [1.807, 2.05) is 12.3 Å². The largest absolute Gasteiger partial charge is 0.508 e. The lowest BCUT2D eigenvalue weighted by atomic mass is 10.1. The second-order valence-electron chi connectivity index (χ2n) is 4.38. The lowest BCUT2D eigenvalue weighted by Crippen LogP contribution is -2.28. The normalized spacial score (nSPS) is 12.1. The van der Waals surface area contributed by atoms with Crippen LogP contribution in [0.5, 0.6) is 5.75 Å². The SMILES string of the molecule is CC(CNC(=O)Cc1ccccc1O)c1nccs1. The van der Waals surface area contributed by atoms with Gasteiger partial charge in [-0.25, -0.2) is 4.98 Å². The van der Waals surface area contributed by atoms with Crippen molar-refractivity contribution in [3.63, 3.8) is 0 Å². The molecule has 1 aromatic heterocycles. The fourth-order valence-electron chi connectivity index (χ4n) is 1.73. The molecule has 2 rings (SSSR count). The Balaban J connectivity index is 1.84. The Morgan fingerprint density at radius 3 is 2.95 bits per heavy atom. The zero-order valence-electron chi connectivity index (χ0n) is 10.7. The van der Waals surface area contributed by atoms with E-state index in [2.05, 4.69) is 10.3 Å². The van der Waals surface area contributed by atoms with Crippen LogP contribution in [0.25, 0.3) is 0 Å². The Morgan fingerprint density at radius 1 is 1.47 bits per heavy atom. The number of nitrogens with zero attached hydrogens (tertiary/aromatic N) is 1. The van der Waals surface area contributed by atoms with Crippen molar-refractivity contribution in [1.82, 2.24) is 10.3 Å². The van der Waals surface area contributed by atoms with E-state index in [1.54, 1.807) is 41.8 Å². The van der Waals surface area contributed by atoms with Crippen LogP contribution in [0.4, 0.5) is 0 Å². The minimum atomic E-state index is -0.0927. The van der Waals surface area contributed by atoms with E-state index in [4.69, 9.17) is 0 Å². The highest BCUT2D eigenvalue weighted by Gasteiger charge is 2.11. The lowest BCUT2D eigenvalue weighted by molar-refractivity contribution is -0.120. The summed E-state index contributed by atoms with van der Waals surface area (Å²) in [6.07, 6.45) is 1.96. The van der Waals surface area contributed by atoms with Crippen molar-refractivity contribution in [3.8, 4) is 5.75 Å². The van der Waals surface area contributed by atoms with Gasteiger partial charge in [-0.3, -0.25) is 4.79 Å². The predicted octanol–water partition coefficient (Wildman–Crippen LogP) is 2.31. The molecule has 1 aromatic carbocycles. The zero-order valence-corrected chi connectivity index (χ0v) is 11.5. The number of phenols is 1. The number of para-hydroxylation sites is 1. The molecule has 0 radical (unpaired) electrons. The molecule has 2 N–H and O–H groups in total. The third kappa shape index (κ3) is 3.79. The summed E-state index contributed by atoms with van der Waals surface area (Å²) in [4.78, 5) is 16.0. The van der Waals surface area contributed by atoms with Gasteiger partial charge in [0.05, 0.1) is 11.4 Å². The van der Waals surface area contributed by atoms with Gasteiger partial charge in [0.1, 0.15) is 5.75 Å². The number of phenolic OH excluding ortho intramolecular Hbond substituents is 1. The zero-order chi connectivity index (χ0) is 13.7. The van der Waals surface area contributed by atoms with Gasteiger partial charge in [-0.2, -0.15) is 0 Å². The van der Waals surface area contributed by atoms with E-state index < -0.39 is 0 Å². The maximum atomic E-state index is 11.8. The average Bonchev–Trinajstić information content (AvgIpc) is 2.93. The monoisotopic (exact) mass is 276 g/mol. The lowest BCUT2D eigenvalue weighted by Gasteiger charge is -2.10. The summed E-state index contributed by atoms with van der Waals surface area (Å²) < 4.78 is 0. The van der Waals surface area contributed by atoms with Crippen LogP contribution >= 0.6 is 11.3 Å². The first-order chi connectivity index (χ1) is 9.16. The average molecular weight is 276 g/mol. The molecule has 19 heavy (non-hydrogen) atoms. The van der Waals surface area contributed by atoms with Crippen LogP contribution in [0.1, 0.15) is 23.4 Å². The van der Waals surface area contributed by atoms with Gasteiger partial charge in [-0.1, -0.05) is 25.1 Å². The second kappa shape index (κ2) is 6.33. The van der Waals surface area contributed by atoms with Gasteiger partial charge >= 0.3 is 0 Å². The summed E-state index contributed by atoms with van der Waals surface area (Å²) in [5, 5.41) is 15.4. The van der Waals surface area contributed by atoms with Gasteiger partial charge in [0, 0.05) is 29.6 Å². The molecule has 1 amide bonds. The fraction of sp³-hybridized carbons (Fsp3) is 0.286. The molecule has 1 atom stereocenters. The Kier molecular flexibility index (Phi) is 4.52. The summed E-state index contributed by atoms with van der Waals surface area (Å²) in [7, 11) is 0. The first kappa shape index (κ1) is 13.5. The van der Waals surface area contributed by atoms with E-state index >= 15 is 0 Å². The van der Waals surface area contributed by atoms with E-state index in [1.165, 1.54) is 0 Å². The summed E-state index contributed by atoms with van der Waals surface area (Å²) in [5.74, 6) is 0.267. The van der Waals surface area contributed by atoms with Crippen LogP contribution in [0.2, 0.25) is 0 Å². The highest BCUT2D eigenvalue weighted by molar-refractivity contribution is 7.09. The molecule has 0 bridgehead atoms. The Morgan fingerprint density at radius 2 is 2.26 bits per heavy atom. The number of rotatable bonds is 5. The number of amides is 1. The molecule has 4 nitrogen and oxygen atoms in total. The van der Waals surface area contributed by atoms with Gasteiger partial charge in [-0.15, -0.1) is 11.3 Å². The first-order valence-corrected chi connectivity index (χ1v) is 6.97. The molecular formula is C14H16N2O2S. The Labute approximate surface area is 116 Å². The van der Waals surface area contributed by atoms with E-state index in [-0.39, 0.29) is 24.0 Å². The molecule has 5 heteroatoms. The van der Waals surface area contributed by atoms with E-state index in [9.17, 15) is 9.90 Å². The van der Waals surface area contributed by atoms with Crippen molar-refractivity contribution in [2.24, 2.45) is 0 Å². The smallest absolute Gasteiger partial charge is 0.224 e. The number of aromatic hydroxyl groups is 1. The van der Waals surface area contributed by atoms with Crippen LogP contribution in [0.3, 0.4) is 0 Å². The van der Waals surface area contributed by atoms with Crippen LogP contribution in [0.15, 0.2) is 35.8 Å². The molecule has 1 heterocycles. The van der Waals surface area contributed by atoms with Crippen molar-refractivity contribution >= 4 is 17.2 Å². The van der Waals surface area contributed by atoms with E-state index in [0.717, 1.165) is 5.01 Å². The Hall–Kier alpha value is -1.88. The van der Waals surface area contributed by atoms with Gasteiger partial charge in [0.25, 0.3) is 0 Å². The van der Waals surface area contributed by atoms with Crippen molar-refractivity contribution < 1.29 is 9.90 Å². The molecule has 1 unspecified atom stereocenters. The standard InChI is InChI=1S/C14H16N2O2S/c1-10(14-15-6-7-19-14)9-16-13(18)8-11-4-2-3-5-12(11)17/h2-7,10,17H,8-9H2,1H3,(H,16,18). The molecule has 2 aromatic rings. The number of hydrogen-bond acceptors (Lipinski definition) is 4. The number of thiazole rings is 1. The van der Waals surface area contributed by atoms with Gasteiger partial charge in [0.2, 0.25) is 5.91 Å². The van der Waals surface area contributed by atoms with Crippen molar-refractivity contribution in [3.05, 3.63) is 46.4 Å². The van der Waals surface area contributed by atoms with Crippen LogP contribution in [0, 0.1) is 0 Å². The summed E-state index contributed by atoms with van der Waals surface area (Å²) >= 11 is 1.59.